The lowest BCUT2D eigenvalue weighted by atomic mass is 10.1. The summed E-state index contributed by atoms with van der Waals surface area (Å²) in [7, 11) is 0. The fourth-order valence-electron chi connectivity index (χ4n) is 2.58. The molecule has 0 radical (unpaired) electrons. The number of alkyl carbamates (subject to hydrolysis) is 2. The molecule has 0 spiro atoms. The van der Waals surface area contributed by atoms with E-state index in [1.165, 1.54) is 0 Å². The zero-order chi connectivity index (χ0) is 25.6. The second kappa shape index (κ2) is 20.6. The van der Waals surface area contributed by atoms with Crippen molar-refractivity contribution in [2.24, 2.45) is 0 Å². The minimum atomic E-state index is -0.518. The fourth-order valence-corrected chi connectivity index (χ4v) is 2.58. The van der Waals surface area contributed by atoms with Crippen LogP contribution < -0.4 is 10.6 Å². The van der Waals surface area contributed by atoms with Crippen LogP contribution in [0.1, 0.15) is 65.2 Å². The molecule has 194 valence electrons. The van der Waals surface area contributed by atoms with Gasteiger partial charge in [0.25, 0.3) is 0 Å². The summed E-state index contributed by atoms with van der Waals surface area (Å²) in [5, 5.41) is 5.33. The average molecular weight is 485 g/mol. The monoisotopic (exact) mass is 484 g/mol. The van der Waals surface area contributed by atoms with Crippen molar-refractivity contribution < 1.29 is 38.1 Å². The Labute approximate surface area is 202 Å². The third-order valence-electron chi connectivity index (χ3n) is 4.44. The van der Waals surface area contributed by atoms with Gasteiger partial charge in [0.2, 0.25) is 0 Å². The fraction of sp³-hybridized carbons (Fsp3) is 0.667. The Morgan fingerprint density at radius 2 is 0.824 bits per heavy atom. The molecule has 34 heavy (non-hydrogen) atoms. The number of carbonyl (C=O) groups excluding carboxylic acids is 4. The molecule has 0 aromatic rings. The van der Waals surface area contributed by atoms with E-state index in [0.717, 1.165) is 51.4 Å². The molecule has 0 heterocycles. The maximum Gasteiger partial charge on any atom is 0.407 e. The van der Waals surface area contributed by atoms with Gasteiger partial charge in [0.15, 0.2) is 0 Å². The third kappa shape index (κ3) is 19.6. The van der Waals surface area contributed by atoms with E-state index in [-0.39, 0.29) is 26.4 Å². The molecular formula is C24H40N2O8. The summed E-state index contributed by atoms with van der Waals surface area (Å²) in [4.78, 5) is 45.3. The number of nitrogens with one attached hydrogen (secondary N) is 2. The van der Waals surface area contributed by atoms with E-state index < -0.39 is 24.1 Å². The molecule has 0 aromatic heterocycles. The van der Waals surface area contributed by atoms with Gasteiger partial charge in [0, 0.05) is 24.2 Å². The first-order valence-electron chi connectivity index (χ1n) is 11.7. The van der Waals surface area contributed by atoms with E-state index >= 15 is 0 Å². The van der Waals surface area contributed by atoms with Gasteiger partial charge in [0.05, 0.1) is 0 Å². The minimum Gasteiger partial charge on any atom is -0.459 e. The first kappa shape index (κ1) is 31.0. The summed E-state index contributed by atoms with van der Waals surface area (Å²) in [6.45, 7) is 11.1. The molecule has 0 aliphatic carbocycles. The summed E-state index contributed by atoms with van der Waals surface area (Å²) in [5.41, 5.74) is 0.606. The first-order valence-corrected chi connectivity index (χ1v) is 11.7. The maximum atomic E-state index is 11.5. The summed E-state index contributed by atoms with van der Waals surface area (Å²) >= 11 is 0. The number of hydrogen-bond donors (Lipinski definition) is 2. The van der Waals surface area contributed by atoms with Crippen molar-refractivity contribution in [1.82, 2.24) is 10.6 Å². The van der Waals surface area contributed by atoms with E-state index in [1.807, 2.05) is 0 Å². The van der Waals surface area contributed by atoms with Crippen LogP contribution in [0.2, 0.25) is 0 Å². The molecule has 0 rings (SSSR count). The Morgan fingerprint density at radius 1 is 0.529 bits per heavy atom. The Balaban J connectivity index is 3.36. The molecule has 2 amide bonds. The molecule has 0 fully saturated rings. The lowest BCUT2D eigenvalue weighted by Crippen LogP contribution is -2.27. The highest BCUT2D eigenvalue weighted by molar-refractivity contribution is 5.87. The van der Waals surface area contributed by atoms with Gasteiger partial charge in [-0.2, -0.15) is 0 Å². The zero-order valence-electron chi connectivity index (χ0n) is 20.6. The molecule has 0 saturated carbocycles. The van der Waals surface area contributed by atoms with Crippen molar-refractivity contribution in [3.8, 4) is 0 Å². The highest BCUT2D eigenvalue weighted by Gasteiger charge is 2.06. The van der Waals surface area contributed by atoms with Crippen LogP contribution in [-0.4, -0.2) is 63.6 Å². The van der Waals surface area contributed by atoms with Crippen LogP contribution in [0, 0.1) is 0 Å². The van der Waals surface area contributed by atoms with Crippen molar-refractivity contribution in [3.05, 3.63) is 24.3 Å². The molecule has 10 heteroatoms. The van der Waals surface area contributed by atoms with E-state index in [0.29, 0.717) is 24.2 Å². The predicted molar refractivity (Wildman–Crippen MR) is 127 cm³/mol. The van der Waals surface area contributed by atoms with Crippen molar-refractivity contribution in [2.75, 3.05) is 39.5 Å². The number of rotatable bonds is 19. The van der Waals surface area contributed by atoms with Crippen LogP contribution in [0.5, 0.6) is 0 Å². The lowest BCUT2D eigenvalue weighted by molar-refractivity contribution is -0.140. The molecule has 0 saturated heterocycles. The normalized spacial score (nSPS) is 10.1. The largest absolute Gasteiger partial charge is 0.459 e. The summed E-state index contributed by atoms with van der Waals surface area (Å²) in [6.07, 6.45) is 7.17. The number of unbranched alkanes of at least 4 members (excludes halogenated alkanes) is 7. The van der Waals surface area contributed by atoms with Gasteiger partial charge >= 0.3 is 24.1 Å². The summed E-state index contributed by atoms with van der Waals surface area (Å²) in [5.74, 6) is -1.00. The Bertz CT molecular complexity index is 607. The molecule has 0 aliphatic heterocycles. The zero-order valence-corrected chi connectivity index (χ0v) is 20.6. The quantitative estimate of drug-likeness (QED) is 0.123. The Morgan fingerprint density at radius 3 is 1.15 bits per heavy atom. The molecule has 0 aromatic carbocycles. The van der Waals surface area contributed by atoms with Crippen LogP contribution in [0.4, 0.5) is 9.59 Å². The summed E-state index contributed by atoms with van der Waals surface area (Å²) in [6, 6.07) is 0. The van der Waals surface area contributed by atoms with Gasteiger partial charge in [-0.05, 0) is 26.7 Å². The molecule has 0 bridgehead atoms. The predicted octanol–water partition coefficient (Wildman–Crippen LogP) is 3.80. The number of esters is 2. The van der Waals surface area contributed by atoms with Crippen molar-refractivity contribution in [2.45, 2.75) is 65.2 Å². The van der Waals surface area contributed by atoms with Gasteiger partial charge < -0.3 is 29.6 Å². The Kier molecular flexibility index (Phi) is 18.7. The molecular weight excluding hydrogens is 444 g/mol. The molecule has 0 unspecified atom stereocenters. The van der Waals surface area contributed by atoms with Gasteiger partial charge in [0.1, 0.15) is 26.4 Å². The van der Waals surface area contributed by atoms with Crippen LogP contribution in [-0.2, 0) is 28.5 Å². The summed E-state index contributed by atoms with van der Waals surface area (Å²) < 4.78 is 19.5. The highest BCUT2D eigenvalue weighted by atomic mass is 16.6. The Hall–Kier alpha value is -3.04. The SMILES string of the molecule is C=C(C)C(=O)OCCOC(=O)NCCCCCCCCCCNC(=O)OCCOC(=O)C(=C)C. The number of amides is 2. The van der Waals surface area contributed by atoms with Crippen LogP contribution in [0.25, 0.3) is 0 Å². The van der Waals surface area contributed by atoms with Gasteiger partial charge in [-0.25, -0.2) is 19.2 Å². The van der Waals surface area contributed by atoms with Crippen LogP contribution >= 0.6 is 0 Å². The molecule has 0 aliphatic rings. The van der Waals surface area contributed by atoms with E-state index in [4.69, 9.17) is 18.9 Å². The number of hydrogen-bond acceptors (Lipinski definition) is 8. The van der Waals surface area contributed by atoms with E-state index in [2.05, 4.69) is 23.8 Å². The second-order valence-electron chi connectivity index (χ2n) is 7.79. The standard InChI is InChI=1S/C24H40N2O8/c1-19(2)21(27)31-15-17-33-23(29)25-13-11-9-7-5-6-8-10-12-14-26-24(30)34-18-16-32-22(28)20(3)4/h1,3,5-18H2,2,4H3,(H,25,29)(H,26,30). The van der Waals surface area contributed by atoms with Gasteiger partial charge in [-0.3, -0.25) is 0 Å². The second-order valence-corrected chi connectivity index (χ2v) is 7.79. The average Bonchev–Trinajstić information content (AvgIpc) is 2.79. The van der Waals surface area contributed by atoms with Gasteiger partial charge in [-0.15, -0.1) is 0 Å². The van der Waals surface area contributed by atoms with E-state index in [9.17, 15) is 19.2 Å². The smallest absolute Gasteiger partial charge is 0.407 e. The van der Waals surface area contributed by atoms with E-state index in [1.54, 1.807) is 13.8 Å². The van der Waals surface area contributed by atoms with Crippen LogP contribution in [0.3, 0.4) is 0 Å². The molecule has 10 nitrogen and oxygen atoms in total. The maximum absolute atomic E-state index is 11.5. The minimum absolute atomic E-state index is 0.00798. The molecule has 0 atom stereocenters. The van der Waals surface area contributed by atoms with Crippen molar-refractivity contribution in [3.63, 3.8) is 0 Å². The van der Waals surface area contributed by atoms with Gasteiger partial charge in [-0.1, -0.05) is 51.7 Å². The van der Waals surface area contributed by atoms with Crippen LogP contribution in [0.15, 0.2) is 24.3 Å². The number of ether oxygens (including phenoxy) is 4. The highest BCUT2D eigenvalue weighted by Crippen LogP contribution is 2.08. The third-order valence-corrected chi connectivity index (χ3v) is 4.44. The number of carbonyl (C=O) groups is 4. The topological polar surface area (TPSA) is 129 Å². The first-order chi connectivity index (χ1) is 16.2. The van der Waals surface area contributed by atoms with Crippen molar-refractivity contribution >= 4 is 24.1 Å². The lowest BCUT2D eigenvalue weighted by Gasteiger charge is -2.08. The molecule has 2 N–H and O–H groups in total. The van der Waals surface area contributed by atoms with Crippen molar-refractivity contribution in [1.29, 1.82) is 0 Å².